The lowest BCUT2D eigenvalue weighted by Gasteiger charge is -2.03. The average molecular weight is 411 g/mol. The summed E-state index contributed by atoms with van der Waals surface area (Å²) in [6.45, 7) is 3.92. The monoisotopic (exact) mass is 410 g/mol. The largest absolute Gasteiger partial charge is 0.418 e. The van der Waals surface area contributed by atoms with Crippen LogP contribution in [0.5, 0.6) is 0 Å². The van der Waals surface area contributed by atoms with Crippen LogP contribution in [0.1, 0.15) is 24.4 Å². The van der Waals surface area contributed by atoms with Crippen LogP contribution < -0.4 is 0 Å². The highest BCUT2D eigenvalue weighted by Crippen LogP contribution is 2.23. The Morgan fingerprint density at radius 3 is 2.35 bits per heavy atom. The molecule has 0 aliphatic carbocycles. The minimum Gasteiger partial charge on any atom is -0.418 e. The van der Waals surface area contributed by atoms with Crippen LogP contribution in [-0.2, 0) is 0 Å². The van der Waals surface area contributed by atoms with Gasteiger partial charge < -0.3 is 4.42 Å². The molecule has 130 valence electrons. The Balaban J connectivity index is 1.57. The molecule has 0 aliphatic rings. The summed E-state index contributed by atoms with van der Waals surface area (Å²) in [6, 6.07) is 15.3. The Hall–Kier alpha value is -2.87. The van der Waals surface area contributed by atoms with E-state index in [0.29, 0.717) is 17.6 Å². The molecule has 0 aliphatic heterocycles. The third kappa shape index (κ3) is 3.28. The molecule has 7 nitrogen and oxygen atoms in total. The van der Waals surface area contributed by atoms with Crippen molar-refractivity contribution < 1.29 is 4.42 Å². The maximum absolute atomic E-state index is 5.80. The minimum absolute atomic E-state index is 0.321. The van der Waals surface area contributed by atoms with Gasteiger partial charge in [-0.1, -0.05) is 33.6 Å². The van der Waals surface area contributed by atoms with Crippen LogP contribution in [0.3, 0.4) is 0 Å². The van der Waals surface area contributed by atoms with Gasteiger partial charge in [0.1, 0.15) is 6.04 Å². The fourth-order valence-electron chi connectivity index (χ4n) is 2.42. The topological polar surface area (TPSA) is 82.5 Å². The number of hydrogen-bond donors (Lipinski definition) is 0. The van der Waals surface area contributed by atoms with Gasteiger partial charge in [-0.2, -0.15) is 4.80 Å². The molecule has 1 unspecified atom stereocenters. The van der Waals surface area contributed by atoms with Crippen molar-refractivity contribution in [2.75, 3.05) is 0 Å². The highest BCUT2D eigenvalue weighted by molar-refractivity contribution is 9.10. The average Bonchev–Trinajstić information content (AvgIpc) is 3.32. The van der Waals surface area contributed by atoms with Crippen LogP contribution in [0.2, 0.25) is 0 Å². The van der Waals surface area contributed by atoms with Crippen LogP contribution in [0, 0.1) is 6.92 Å². The number of benzene rings is 2. The first-order valence-electron chi connectivity index (χ1n) is 8.06. The molecule has 4 aromatic rings. The van der Waals surface area contributed by atoms with Crippen molar-refractivity contribution in [3.05, 3.63) is 64.5 Å². The van der Waals surface area contributed by atoms with Crippen LogP contribution in [0.25, 0.3) is 22.8 Å². The number of nitrogens with zero attached hydrogens (tertiary/aromatic N) is 6. The molecule has 1 atom stereocenters. The van der Waals surface area contributed by atoms with Gasteiger partial charge in [-0.25, -0.2) is 0 Å². The molecule has 0 N–H and O–H groups in total. The van der Waals surface area contributed by atoms with Crippen molar-refractivity contribution in [2.45, 2.75) is 19.9 Å². The second kappa shape index (κ2) is 6.80. The summed E-state index contributed by atoms with van der Waals surface area (Å²) in [4.78, 5) is 1.48. The maximum atomic E-state index is 5.80. The third-order valence-corrected chi connectivity index (χ3v) is 4.50. The van der Waals surface area contributed by atoms with Crippen molar-refractivity contribution in [3.63, 3.8) is 0 Å². The van der Waals surface area contributed by atoms with E-state index in [9.17, 15) is 0 Å². The number of aromatic nitrogens is 6. The number of rotatable bonds is 4. The van der Waals surface area contributed by atoms with Gasteiger partial charge in [0, 0.05) is 15.6 Å². The molecule has 0 fully saturated rings. The molecule has 0 saturated carbocycles. The number of hydrogen-bond acceptors (Lipinski definition) is 6. The SMILES string of the molecule is Cc1ccc(-c2nnc(C(C)n3nnc(-c4ccc(Br)cc4)n3)o2)cc1. The summed E-state index contributed by atoms with van der Waals surface area (Å²) in [5.41, 5.74) is 2.94. The van der Waals surface area contributed by atoms with Gasteiger partial charge in [-0.15, -0.1) is 20.4 Å². The summed E-state index contributed by atoms with van der Waals surface area (Å²) >= 11 is 3.41. The van der Waals surface area contributed by atoms with Crippen molar-refractivity contribution in [1.29, 1.82) is 0 Å². The van der Waals surface area contributed by atoms with E-state index >= 15 is 0 Å². The molecule has 26 heavy (non-hydrogen) atoms. The zero-order valence-corrected chi connectivity index (χ0v) is 15.8. The van der Waals surface area contributed by atoms with Crippen molar-refractivity contribution in [1.82, 2.24) is 30.4 Å². The summed E-state index contributed by atoms with van der Waals surface area (Å²) in [5.74, 6) is 1.45. The molecule has 0 bridgehead atoms. The van der Waals surface area contributed by atoms with Gasteiger partial charge in [0.2, 0.25) is 17.6 Å². The lowest BCUT2D eigenvalue weighted by molar-refractivity contribution is 0.382. The van der Waals surface area contributed by atoms with E-state index in [2.05, 4.69) is 41.5 Å². The van der Waals surface area contributed by atoms with Gasteiger partial charge in [0.25, 0.3) is 0 Å². The minimum atomic E-state index is -0.321. The Morgan fingerprint density at radius 1 is 0.923 bits per heavy atom. The molecule has 0 spiro atoms. The van der Waals surface area contributed by atoms with Gasteiger partial charge in [-0.05, 0) is 55.5 Å². The lowest BCUT2D eigenvalue weighted by atomic mass is 10.1. The molecular weight excluding hydrogens is 396 g/mol. The molecule has 0 radical (unpaired) electrons. The predicted octanol–water partition coefficient (Wildman–Crippen LogP) is 4.07. The second-order valence-electron chi connectivity index (χ2n) is 5.93. The summed E-state index contributed by atoms with van der Waals surface area (Å²) in [7, 11) is 0. The lowest BCUT2D eigenvalue weighted by Crippen LogP contribution is -2.11. The van der Waals surface area contributed by atoms with Gasteiger partial charge >= 0.3 is 0 Å². The first kappa shape index (κ1) is 16.6. The normalized spacial score (nSPS) is 12.3. The number of tetrazole rings is 1. The first-order chi connectivity index (χ1) is 12.6. The van der Waals surface area contributed by atoms with Gasteiger partial charge in [-0.3, -0.25) is 0 Å². The van der Waals surface area contributed by atoms with E-state index in [0.717, 1.165) is 15.6 Å². The highest BCUT2D eigenvalue weighted by atomic mass is 79.9. The van der Waals surface area contributed by atoms with Crippen LogP contribution in [-0.4, -0.2) is 30.4 Å². The van der Waals surface area contributed by atoms with Crippen molar-refractivity contribution in [3.8, 4) is 22.8 Å². The second-order valence-corrected chi connectivity index (χ2v) is 6.84. The molecule has 4 rings (SSSR count). The van der Waals surface area contributed by atoms with Gasteiger partial charge in [0.05, 0.1) is 0 Å². The Kier molecular flexibility index (Phi) is 4.34. The van der Waals surface area contributed by atoms with E-state index in [1.807, 2.05) is 62.4 Å². The van der Waals surface area contributed by atoms with Crippen molar-refractivity contribution >= 4 is 15.9 Å². The Labute approximate surface area is 158 Å². The van der Waals surface area contributed by atoms with E-state index in [1.165, 1.54) is 10.4 Å². The van der Waals surface area contributed by atoms with E-state index < -0.39 is 0 Å². The first-order valence-corrected chi connectivity index (χ1v) is 8.85. The third-order valence-electron chi connectivity index (χ3n) is 3.97. The van der Waals surface area contributed by atoms with Crippen LogP contribution in [0.15, 0.2) is 57.4 Å². The van der Waals surface area contributed by atoms with Crippen molar-refractivity contribution in [2.24, 2.45) is 0 Å². The quantitative estimate of drug-likeness (QED) is 0.504. The van der Waals surface area contributed by atoms with Crippen LogP contribution in [0.4, 0.5) is 0 Å². The molecule has 0 saturated heterocycles. The smallest absolute Gasteiger partial charge is 0.247 e. The fraction of sp³-hybridized carbons (Fsp3) is 0.167. The van der Waals surface area contributed by atoms with Crippen LogP contribution >= 0.6 is 15.9 Å². The molecule has 2 aromatic heterocycles. The van der Waals surface area contributed by atoms with Gasteiger partial charge in [0.15, 0.2) is 0 Å². The van der Waals surface area contributed by atoms with E-state index in [-0.39, 0.29) is 6.04 Å². The summed E-state index contributed by atoms with van der Waals surface area (Å²) in [6.07, 6.45) is 0. The zero-order valence-electron chi connectivity index (χ0n) is 14.2. The standard InChI is InChI=1S/C18H15BrN6O/c1-11-3-5-14(6-4-11)18-22-21-17(26-18)12(2)25-23-16(20-24-25)13-7-9-15(19)10-8-13/h3-10,12H,1-2H3. The molecule has 2 aromatic carbocycles. The fourth-order valence-corrected chi connectivity index (χ4v) is 2.68. The molecule has 2 heterocycles. The van der Waals surface area contributed by atoms with E-state index in [4.69, 9.17) is 4.42 Å². The molecule has 0 amide bonds. The zero-order chi connectivity index (χ0) is 18.1. The highest BCUT2D eigenvalue weighted by Gasteiger charge is 2.20. The summed E-state index contributed by atoms with van der Waals surface area (Å²) in [5, 5.41) is 20.9. The number of aryl methyl sites for hydroxylation is 1. The number of halogens is 1. The van der Waals surface area contributed by atoms with E-state index in [1.54, 1.807) is 0 Å². The molecular formula is C18H15BrN6O. The Morgan fingerprint density at radius 2 is 1.62 bits per heavy atom. The molecule has 8 heteroatoms. The predicted molar refractivity (Wildman–Crippen MR) is 99.2 cm³/mol. The maximum Gasteiger partial charge on any atom is 0.247 e. The summed E-state index contributed by atoms with van der Waals surface area (Å²) < 4.78 is 6.80. The Bertz CT molecular complexity index is 939.